The van der Waals surface area contributed by atoms with E-state index in [-0.39, 0.29) is 0 Å². The minimum Gasteiger partial charge on any atom is -0.480 e. The molecule has 0 fully saturated rings. The molecule has 2 N–H and O–H groups in total. The van der Waals surface area contributed by atoms with Crippen LogP contribution < -0.4 is 0 Å². The third-order valence-electron chi connectivity index (χ3n) is 2.84. The molecule has 0 saturated heterocycles. The summed E-state index contributed by atoms with van der Waals surface area (Å²) >= 11 is 0. The maximum atomic E-state index is 12.0. The summed E-state index contributed by atoms with van der Waals surface area (Å²) in [5.41, 5.74) is 0.453. The molecule has 0 bridgehead atoms. The minimum atomic E-state index is -1.33. The molecule has 98 valence electrons. The first-order valence-electron chi connectivity index (χ1n) is 5.71. The largest absolute Gasteiger partial charge is 0.480 e. The Morgan fingerprint density at radius 2 is 1.83 bits per heavy atom. The number of likely N-dealkylation sites (N-methyl/N-ethyl adjacent to an activating group) is 1. The Balaban J connectivity index is 2.84. The van der Waals surface area contributed by atoms with Crippen LogP contribution in [0.25, 0.3) is 0 Å². The molecule has 5 heteroatoms. The van der Waals surface area contributed by atoms with Gasteiger partial charge in [0.25, 0.3) is 5.91 Å². The van der Waals surface area contributed by atoms with Gasteiger partial charge in [0.2, 0.25) is 0 Å². The van der Waals surface area contributed by atoms with E-state index in [2.05, 4.69) is 0 Å². The van der Waals surface area contributed by atoms with Crippen molar-refractivity contribution in [3.8, 4) is 0 Å². The number of rotatable bonds is 5. The van der Waals surface area contributed by atoms with Crippen LogP contribution >= 0.6 is 0 Å². The lowest BCUT2D eigenvalue weighted by Gasteiger charge is -2.26. The van der Waals surface area contributed by atoms with Crippen LogP contribution in [0.5, 0.6) is 0 Å². The zero-order valence-electron chi connectivity index (χ0n) is 10.4. The van der Waals surface area contributed by atoms with Gasteiger partial charge in [0.1, 0.15) is 6.04 Å². The number of carbonyl (C=O) groups excluding carboxylic acids is 1. The number of aliphatic hydroxyl groups excluding tert-OH is 1. The molecule has 1 aromatic carbocycles. The van der Waals surface area contributed by atoms with Gasteiger partial charge >= 0.3 is 5.97 Å². The molecule has 0 aromatic heterocycles. The van der Waals surface area contributed by atoms with Crippen LogP contribution in [0, 0.1) is 0 Å². The molecular weight excluding hydrogens is 234 g/mol. The molecule has 2 atom stereocenters. The highest BCUT2D eigenvalue weighted by Gasteiger charge is 2.29. The van der Waals surface area contributed by atoms with E-state index < -0.39 is 24.0 Å². The highest BCUT2D eigenvalue weighted by molar-refractivity contribution is 5.86. The Labute approximate surface area is 106 Å². The highest BCUT2D eigenvalue weighted by atomic mass is 16.4. The van der Waals surface area contributed by atoms with E-state index in [0.29, 0.717) is 12.0 Å². The Kier molecular flexibility index (Phi) is 4.85. The fourth-order valence-corrected chi connectivity index (χ4v) is 1.74. The monoisotopic (exact) mass is 251 g/mol. The van der Waals surface area contributed by atoms with E-state index in [9.17, 15) is 14.7 Å². The molecule has 0 spiro atoms. The predicted molar refractivity (Wildman–Crippen MR) is 65.9 cm³/mol. The number of carboxylic acids is 1. The molecule has 0 saturated carbocycles. The summed E-state index contributed by atoms with van der Waals surface area (Å²) in [6.45, 7) is 1.68. The van der Waals surface area contributed by atoms with Crippen molar-refractivity contribution in [3.63, 3.8) is 0 Å². The predicted octanol–water partition coefficient (Wildman–Crippen LogP) is 1.04. The second-order valence-corrected chi connectivity index (χ2v) is 4.02. The maximum Gasteiger partial charge on any atom is 0.326 e. The molecule has 0 aliphatic heterocycles. The lowest BCUT2D eigenvalue weighted by Crippen LogP contribution is -2.44. The van der Waals surface area contributed by atoms with E-state index in [0.717, 1.165) is 4.90 Å². The molecule has 5 nitrogen and oxygen atoms in total. The highest BCUT2D eigenvalue weighted by Crippen LogP contribution is 2.16. The van der Waals surface area contributed by atoms with Crippen molar-refractivity contribution in [2.24, 2.45) is 0 Å². The van der Waals surface area contributed by atoms with Gasteiger partial charge in [0.05, 0.1) is 0 Å². The van der Waals surface area contributed by atoms with Gasteiger partial charge in [-0.3, -0.25) is 4.79 Å². The third-order valence-corrected chi connectivity index (χ3v) is 2.84. The molecule has 2 unspecified atom stereocenters. The second-order valence-electron chi connectivity index (χ2n) is 4.02. The van der Waals surface area contributed by atoms with Crippen LogP contribution in [-0.4, -0.2) is 40.1 Å². The Hall–Kier alpha value is -1.88. The van der Waals surface area contributed by atoms with Gasteiger partial charge in [0, 0.05) is 7.05 Å². The molecule has 0 radical (unpaired) electrons. The van der Waals surface area contributed by atoms with Crippen molar-refractivity contribution >= 4 is 11.9 Å². The summed E-state index contributed by atoms with van der Waals surface area (Å²) in [5.74, 6) is -1.69. The lowest BCUT2D eigenvalue weighted by molar-refractivity contribution is -0.153. The molecule has 1 aromatic rings. The van der Waals surface area contributed by atoms with Crippen LogP contribution in [0.15, 0.2) is 30.3 Å². The van der Waals surface area contributed by atoms with Crippen LogP contribution in [-0.2, 0) is 9.59 Å². The summed E-state index contributed by atoms with van der Waals surface area (Å²) in [7, 11) is 1.39. The normalized spacial score (nSPS) is 13.7. The minimum absolute atomic E-state index is 0.291. The number of benzene rings is 1. The van der Waals surface area contributed by atoms with E-state index in [1.54, 1.807) is 37.3 Å². The number of nitrogens with zero attached hydrogens (tertiary/aromatic N) is 1. The van der Waals surface area contributed by atoms with Gasteiger partial charge in [-0.1, -0.05) is 37.3 Å². The van der Waals surface area contributed by atoms with Crippen LogP contribution in [0.4, 0.5) is 0 Å². The van der Waals surface area contributed by atoms with Crippen molar-refractivity contribution in [1.82, 2.24) is 4.90 Å². The Bertz CT molecular complexity index is 418. The molecule has 0 heterocycles. The van der Waals surface area contributed by atoms with Crippen LogP contribution in [0.1, 0.15) is 25.0 Å². The number of aliphatic hydroxyl groups is 1. The van der Waals surface area contributed by atoms with Crippen molar-refractivity contribution in [2.45, 2.75) is 25.5 Å². The smallest absolute Gasteiger partial charge is 0.326 e. The molecule has 18 heavy (non-hydrogen) atoms. The first-order chi connectivity index (χ1) is 8.49. The topological polar surface area (TPSA) is 77.8 Å². The molecular formula is C13H17NO4. The first-order valence-corrected chi connectivity index (χ1v) is 5.71. The van der Waals surface area contributed by atoms with Gasteiger partial charge in [-0.15, -0.1) is 0 Å². The quantitative estimate of drug-likeness (QED) is 0.819. The zero-order chi connectivity index (χ0) is 13.7. The standard InChI is InChI=1S/C13H17NO4/c1-3-10(13(17)18)14(2)12(16)11(15)9-7-5-4-6-8-9/h4-8,10-11,15H,3H2,1-2H3,(H,17,18). The fraction of sp³-hybridized carbons (Fsp3) is 0.385. The average Bonchev–Trinajstić information content (AvgIpc) is 2.38. The molecule has 1 amide bonds. The van der Waals surface area contributed by atoms with Crippen molar-refractivity contribution in [1.29, 1.82) is 0 Å². The molecule has 0 aliphatic carbocycles. The second kappa shape index (κ2) is 6.16. The van der Waals surface area contributed by atoms with Gasteiger partial charge < -0.3 is 15.1 Å². The summed E-state index contributed by atoms with van der Waals surface area (Å²) in [5, 5.41) is 18.9. The average molecular weight is 251 g/mol. The van der Waals surface area contributed by atoms with E-state index in [1.807, 2.05) is 0 Å². The number of aliphatic carboxylic acids is 1. The number of carbonyl (C=O) groups is 2. The summed E-state index contributed by atoms with van der Waals surface area (Å²) in [6.07, 6.45) is -1.04. The van der Waals surface area contributed by atoms with Crippen molar-refractivity contribution in [3.05, 3.63) is 35.9 Å². The van der Waals surface area contributed by atoms with Crippen molar-refractivity contribution < 1.29 is 19.8 Å². The van der Waals surface area contributed by atoms with Crippen LogP contribution in [0.3, 0.4) is 0 Å². The van der Waals surface area contributed by atoms with Gasteiger partial charge in [-0.05, 0) is 12.0 Å². The fourth-order valence-electron chi connectivity index (χ4n) is 1.74. The van der Waals surface area contributed by atoms with E-state index >= 15 is 0 Å². The summed E-state index contributed by atoms with van der Waals surface area (Å²) in [6, 6.07) is 7.52. The number of amides is 1. The zero-order valence-corrected chi connectivity index (χ0v) is 10.4. The van der Waals surface area contributed by atoms with Gasteiger partial charge in [0.15, 0.2) is 6.10 Å². The number of carboxylic acid groups (broad SMARTS) is 1. The summed E-state index contributed by atoms with van der Waals surface area (Å²) < 4.78 is 0. The third kappa shape index (κ3) is 3.07. The van der Waals surface area contributed by atoms with E-state index in [4.69, 9.17) is 5.11 Å². The Morgan fingerprint density at radius 1 is 1.28 bits per heavy atom. The summed E-state index contributed by atoms with van der Waals surface area (Å²) in [4.78, 5) is 24.0. The van der Waals surface area contributed by atoms with E-state index in [1.165, 1.54) is 7.05 Å². The molecule has 0 aliphatic rings. The lowest BCUT2D eigenvalue weighted by atomic mass is 10.1. The van der Waals surface area contributed by atoms with Gasteiger partial charge in [-0.25, -0.2) is 4.79 Å². The first kappa shape index (κ1) is 14.2. The molecule has 1 rings (SSSR count). The number of hydrogen-bond donors (Lipinski definition) is 2. The number of hydrogen-bond acceptors (Lipinski definition) is 3. The SMILES string of the molecule is CCC(C(=O)O)N(C)C(=O)C(O)c1ccccc1. The van der Waals surface area contributed by atoms with Gasteiger partial charge in [-0.2, -0.15) is 0 Å². The van der Waals surface area contributed by atoms with Crippen LogP contribution in [0.2, 0.25) is 0 Å². The Morgan fingerprint density at radius 3 is 2.28 bits per heavy atom. The maximum absolute atomic E-state index is 12.0. The van der Waals surface area contributed by atoms with Crippen molar-refractivity contribution in [2.75, 3.05) is 7.05 Å².